The molecule has 0 radical (unpaired) electrons. The van der Waals surface area contributed by atoms with Gasteiger partial charge in [-0.05, 0) is 68.7 Å². The molecule has 4 nitrogen and oxygen atoms in total. The monoisotopic (exact) mass is 557 g/mol. The van der Waals surface area contributed by atoms with E-state index in [0.29, 0.717) is 24.3 Å². The van der Waals surface area contributed by atoms with Gasteiger partial charge in [0, 0.05) is 12.0 Å². The van der Waals surface area contributed by atoms with Gasteiger partial charge in [-0.1, -0.05) is 13.0 Å². The lowest BCUT2D eigenvalue weighted by molar-refractivity contribution is -0.143. The number of halogens is 9. The highest BCUT2D eigenvalue weighted by molar-refractivity contribution is 5.92. The molecule has 1 heterocycles. The third-order valence-corrected chi connectivity index (χ3v) is 6.02. The van der Waals surface area contributed by atoms with Crippen molar-refractivity contribution in [3.8, 4) is 0 Å². The van der Waals surface area contributed by atoms with Gasteiger partial charge in [0.1, 0.15) is 5.60 Å². The Morgan fingerprint density at radius 2 is 1.37 bits per heavy atom. The van der Waals surface area contributed by atoms with E-state index < -0.39 is 70.5 Å². The van der Waals surface area contributed by atoms with Gasteiger partial charge >= 0.3 is 24.6 Å². The minimum atomic E-state index is -5.18. The third-order valence-electron chi connectivity index (χ3n) is 6.02. The lowest BCUT2D eigenvalue weighted by Crippen LogP contribution is -2.43. The largest absolute Gasteiger partial charge is 0.443 e. The molecule has 1 unspecified atom stereocenters. The Balaban J connectivity index is 2.22. The second-order valence-electron chi connectivity index (χ2n) is 9.91. The summed E-state index contributed by atoms with van der Waals surface area (Å²) in [5.41, 5.74) is -6.69. The van der Waals surface area contributed by atoms with E-state index in [0.717, 1.165) is 11.0 Å². The molecule has 0 saturated heterocycles. The van der Waals surface area contributed by atoms with Gasteiger partial charge < -0.3 is 9.84 Å². The summed E-state index contributed by atoms with van der Waals surface area (Å²) in [6.45, 7) is 6.01. The lowest BCUT2D eigenvalue weighted by Gasteiger charge is -2.32. The number of hydrogen-bond donors (Lipinski definition) is 1. The Morgan fingerprint density at radius 1 is 0.868 bits per heavy atom. The van der Waals surface area contributed by atoms with Crippen LogP contribution in [0.5, 0.6) is 0 Å². The van der Waals surface area contributed by atoms with Crippen molar-refractivity contribution in [2.75, 3.05) is 4.90 Å². The highest BCUT2D eigenvalue weighted by Crippen LogP contribution is 2.51. The van der Waals surface area contributed by atoms with Crippen LogP contribution in [0.3, 0.4) is 0 Å². The van der Waals surface area contributed by atoms with E-state index in [2.05, 4.69) is 0 Å². The van der Waals surface area contributed by atoms with Crippen LogP contribution in [0.15, 0.2) is 36.4 Å². The molecule has 38 heavy (non-hydrogen) atoms. The number of anilines is 1. The molecule has 0 bridgehead atoms. The molecular weight excluding hydrogens is 533 g/mol. The predicted octanol–water partition coefficient (Wildman–Crippen LogP) is 8.09. The molecule has 3 atom stereocenters. The number of alkyl halides is 9. The summed E-state index contributed by atoms with van der Waals surface area (Å²) in [5.74, 6) is -1.37. The first kappa shape index (κ1) is 29.6. The molecule has 3 rings (SSSR count). The molecule has 0 aromatic heterocycles. The first-order valence-corrected chi connectivity index (χ1v) is 11.4. The number of hydrogen-bond acceptors (Lipinski definition) is 3. The molecule has 0 saturated carbocycles. The average molecular weight is 557 g/mol. The fourth-order valence-electron chi connectivity index (χ4n) is 4.48. The quantitative estimate of drug-likeness (QED) is 0.388. The van der Waals surface area contributed by atoms with Crippen LogP contribution in [0, 0.1) is 0 Å². The van der Waals surface area contributed by atoms with Crippen LogP contribution >= 0.6 is 0 Å². The van der Waals surface area contributed by atoms with Gasteiger partial charge in [-0.15, -0.1) is 0 Å². The fourth-order valence-corrected chi connectivity index (χ4v) is 4.48. The molecule has 0 spiro atoms. The van der Waals surface area contributed by atoms with Crippen molar-refractivity contribution in [1.82, 2.24) is 0 Å². The number of fused-ring (bicyclic) bond motifs is 1. The van der Waals surface area contributed by atoms with Gasteiger partial charge in [-0.25, -0.2) is 4.79 Å². The highest BCUT2D eigenvalue weighted by Gasteiger charge is 2.48. The van der Waals surface area contributed by atoms with Gasteiger partial charge in [0.15, 0.2) is 0 Å². The molecule has 0 aliphatic carbocycles. The van der Waals surface area contributed by atoms with Crippen molar-refractivity contribution in [1.29, 1.82) is 0 Å². The molecule has 1 N–H and O–H groups in total. The van der Waals surface area contributed by atoms with Crippen LogP contribution in [-0.2, 0) is 23.3 Å². The molecule has 2 aromatic rings. The standard InChI is InChI=1S/C25H24F9NO3/c1-5-17-19(20(36)12-8-14(24(29,30)31)10-15(9-12)25(32,33)34)16-7-6-13(23(26,27)28)11-18(16)35(17)21(37)38-22(2,3)4/h6-11,17,19-20,36H,5H2,1-4H3/t17-,19+,20?/m1/s1. The molecular formula is C25H24F9NO3. The van der Waals surface area contributed by atoms with E-state index in [1.54, 1.807) is 0 Å². The number of aliphatic hydroxyl groups is 1. The van der Waals surface area contributed by atoms with Gasteiger partial charge in [0.25, 0.3) is 0 Å². The number of nitrogens with zero attached hydrogens (tertiary/aromatic N) is 1. The second kappa shape index (κ2) is 9.65. The molecule has 1 aliphatic heterocycles. The van der Waals surface area contributed by atoms with Crippen LogP contribution in [0.2, 0.25) is 0 Å². The summed E-state index contributed by atoms with van der Waals surface area (Å²) in [6.07, 6.45) is -18.3. The van der Waals surface area contributed by atoms with Crippen molar-refractivity contribution >= 4 is 11.8 Å². The van der Waals surface area contributed by atoms with Crippen LogP contribution in [-0.4, -0.2) is 22.8 Å². The average Bonchev–Trinajstić information content (AvgIpc) is 3.09. The topological polar surface area (TPSA) is 49.8 Å². The molecule has 1 amide bonds. The Bertz CT molecular complexity index is 1160. The van der Waals surface area contributed by atoms with Gasteiger partial charge in [-0.3, -0.25) is 4.90 Å². The Hall–Kier alpha value is -2.96. The summed E-state index contributed by atoms with van der Waals surface area (Å²) >= 11 is 0. The van der Waals surface area contributed by atoms with E-state index in [9.17, 15) is 49.4 Å². The molecule has 2 aromatic carbocycles. The summed E-state index contributed by atoms with van der Waals surface area (Å²) in [6, 6.07) is 1.72. The Labute approximate surface area is 212 Å². The van der Waals surface area contributed by atoms with Gasteiger partial charge in [-0.2, -0.15) is 39.5 Å². The molecule has 210 valence electrons. The SMILES string of the molecule is CC[C@@H]1[C@@H](C(O)c2cc(C(F)(F)F)cc(C(F)(F)F)c2)c2ccc(C(F)(F)F)cc2N1C(=O)OC(C)(C)C. The van der Waals surface area contributed by atoms with Crippen molar-refractivity contribution in [2.24, 2.45) is 0 Å². The molecule has 0 fully saturated rings. The van der Waals surface area contributed by atoms with Gasteiger partial charge in [0.2, 0.25) is 0 Å². The fraction of sp³-hybridized carbons (Fsp3) is 0.480. The predicted molar refractivity (Wildman–Crippen MR) is 118 cm³/mol. The number of rotatable bonds is 3. The maximum absolute atomic E-state index is 13.5. The summed E-state index contributed by atoms with van der Waals surface area (Å²) in [5, 5.41) is 11.2. The first-order valence-electron chi connectivity index (χ1n) is 11.4. The summed E-state index contributed by atoms with van der Waals surface area (Å²) in [4.78, 5) is 13.9. The number of amides is 1. The first-order chi connectivity index (χ1) is 17.1. The van der Waals surface area contributed by atoms with Crippen molar-refractivity contribution in [2.45, 2.75) is 76.3 Å². The number of carbonyl (C=O) groups is 1. The smallest absolute Gasteiger partial charge is 0.416 e. The zero-order valence-electron chi connectivity index (χ0n) is 20.5. The minimum Gasteiger partial charge on any atom is -0.443 e. The van der Waals surface area contributed by atoms with Crippen molar-refractivity contribution in [3.05, 3.63) is 64.2 Å². The van der Waals surface area contributed by atoms with Gasteiger partial charge in [0.05, 0.1) is 28.5 Å². The second-order valence-corrected chi connectivity index (χ2v) is 9.91. The third kappa shape index (κ3) is 6.02. The maximum atomic E-state index is 13.5. The Morgan fingerprint density at radius 3 is 1.79 bits per heavy atom. The van der Waals surface area contributed by atoms with Crippen LogP contribution in [0.25, 0.3) is 0 Å². The van der Waals surface area contributed by atoms with Crippen LogP contribution < -0.4 is 4.90 Å². The van der Waals surface area contributed by atoms with Crippen molar-refractivity contribution in [3.63, 3.8) is 0 Å². The summed E-state index contributed by atoms with van der Waals surface area (Å²) in [7, 11) is 0. The van der Waals surface area contributed by atoms with Crippen molar-refractivity contribution < 1.29 is 54.2 Å². The lowest BCUT2D eigenvalue weighted by atomic mass is 9.83. The molecule has 1 aliphatic rings. The van der Waals surface area contributed by atoms with Crippen LogP contribution in [0.1, 0.15) is 74.0 Å². The normalized spacial score (nSPS) is 19.4. The van der Waals surface area contributed by atoms with E-state index >= 15 is 0 Å². The van der Waals surface area contributed by atoms with E-state index in [4.69, 9.17) is 4.74 Å². The highest BCUT2D eigenvalue weighted by atomic mass is 19.4. The number of ether oxygens (including phenoxy) is 1. The zero-order chi connectivity index (χ0) is 29.0. The van der Waals surface area contributed by atoms with E-state index in [1.165, 1.54) is 27.7 Å². The summed E-state index contributed by atoms with van der Waals surface area (Å²) < 4.78 is 126. The van der Waals surface area contributed by atoms with Crippen LogP contribution in [0.4, 0.5) is 50.0 Å². The number of carbonyl (C=O) groups excluding carboxylic acids is 1. The maximum Gasteiger partial charge on any atom is 0.416 e. The number of benzene rings is 2. The number of aliphatic hydroxyl groups excluding tert-OH is 1. The van der Waals surface area contributed by atoms with E-state index in [-0.39, 0.29) is 23.7 Å². The Kier molecular flexibility index (Phi) is 7.52. The minimum absolute atomic E-state index is 0.0257. The molecule has 13 heteroatoms. The zero-order valence-corrected chi connectivity index (χ0v) is 20.5. The van der Waals surface area contributed by atoms with E-state index in [1.807, 2.05) is 0 Å².